The summed E-state index contributed by atoms with van der Waals surface area (Å²) in [4.78, 5) is 0. The molecule has 3 heterocycles. The highest BCUT2D eigenvalue weighted by atomic mass is 15.1. The monoisotopic (exact) mass is 425 g/mol. The zero-order valence-electron chi connectivity index (χ0n) is 19.0. The molecule has 0 bridgehead atoms. The molecule has 1 aliphatic rings. The Morgan fingerprint density at radius 3 is 2.36 bits per heavy atom. The average molecular weight is 426 g/mol. The molecule has 2 aromatic heterocycles. The highest BCUT2D eigenvalue weighted by Gasteiger charge is 2.31. The van der Waals surface area contributed by atoms with Crippen LogP contribution in [0.4, 0.5) is 0 Å². The molecular formula is C31H25N2+. The van der Waals surface area contributed by atoms with Crippen molar-refractivity contribution >= 4 is 27.3 Å². The Balaban J connectivity index is 1.59. The van der Waals surface area contributed by atoms with E-state index in [4.69, 9.17) is 0 Å². The Morgan fingerprint density at radius 1 is 0.758 bits per heavy atom. The van der Waals surface area contributed by atoms with Gasteiger partial charge in [0.2, 0.25) is 0 Å². The van der Waals surface area contributed by atoms with Crippen molar-refractivity contribution in [2.24, 2.45) is 0 Å². The molecule has 7 rings (SSSR count). The van der Waals surface area contributed by atoms with Crippen LogP contribution in [0.15, 0.2) is 91.1 Å². The number of fused-ring (bicyclic) bond motifs is 3. The molecule has 2 nitrogen and oxygen atoms in total. The van der Waals surface area contributed by atoms with Crippen molar-refractivity contribution in [1.82, 2.24) is 4.40 Å². The number of rotatable bonds is 3. The summed E-state index contributed by atoms with van der Waals surface area (Å²) < 4.78 is 4.95. The molecule has 4 aromatic carbocycles. The summed E-state index contributed by atoms with van der Waals surface area (Å²) in [7, 11) is 0. The molecule has 0 aliphatic carbocycles. The quantitative estimate of drug-likeness (QED) is 0.218. The maximum absolute atomic E-state index is 2.51. The second-order valence-corrected chi connectivity index (χ2v) is 9.42. The summed E-state index contributed by atoms with van der Waals surface area (Å²) in [6.45, 7) is 5.39. The summed E-state index contributed by atoms with van der Waals surface area (Å²) in [5, 5.41) is 4.10. The van der Waals surface area contributed by atoms with Gasteiger partial charge in [-0.2, -0.15) is 4.40 Å². The first-order valence-electron chi connectivity index (χ1n) is 11.7. The molecule has 2 heteroatoms. The third-order valence-electron chi connectivity index (χ3n) is 7.30. The van der Waals surface area contributed by atoms with E-state index in [9.17, 15) is 0 Å². The largest absolute Gasteiger partial charge is 0.295 e. The number of nitrogens with zero attached hydrogens (tertiary/aromatic N) is 2. The van der Waals surface area contributed by atoms with Crippen molar-refractivity contribution < 1.29 is 4.57 Å². The van der Waals surface area contributed by atoms with Gasteiger partial charge in [-0.15, -0.1) is 0 Å². The zero-order chi connectivity index (χ0) is 22.1. The predicted octanol–water partition coefficient (Wildman–Crippen LogP) is 6.77. The summed E-state index contributed by atoms with van der Waals surface area (Å²) in [6.07, 6.45) is 3.31. The first kappa shape index (κ1) is 18.6. The van der Waals surface area contributed by atoms with Gasteiger partial charge >= 0.3 is 0 Å². The number of hydrogen-bond acceptors (Lipinski definition) is 0. The van der Waals surface area contributed by atoms with Crippen LogP contribution in [0, 0.1) is 13.8 Å². The lowest BCUT2D eigenvalue weighted by Gasteiger charge is -2.10. The van der Waals surface area contributed by atoms with Crippen LogP contribution in [0.25, 0.3) is 38.6 Å². The van der Waals surface area contributed by atoms with Gasteiger partial charge in [0.15, 0.2) is 5.69 Å². The minimum Gasteiger partial charge on any atom is -0.225 e. The van der Waals surface area contributed by atoms with E-state index in [-0.39, 0.29) is 0 Å². The normalized spacial score (nSPS) is 12.5. The molecule has 0 amide bonds. The van der Waals surface area contributed by atoms with Crippen molar-refractivity contribution in [3.8, 4) is 11.3 Å². The summed E-state index contributed by atoms with van der Waals surface area (Å²) >= 11 is 0. The van der Waals surface area contributed by atoms with Crippen LogP contribution in [0.2, 0.25) is 0 Å². The van der Waals surface area contributed by atoms with Gasteiger partial charge in [0.1, 0.15) is 18.3 Å². The lowest BCUT2D eigenvalue weighted by atomic mass is 9.97. The van der Waals surface area contributed by atoms with Crippen LogP contribution >= 0.6 is 0 Å². The fourth-order valence-electron chi connectivity index (χ4n) is 5.86. The maximum atomic E-state index is 2.51. The van der Waals surface area contributed by atoms with E-state index in [0.29, 0.717) is 0 Å². The van der Waals surface area contributed by atoms with Crippen LogP contribution in [-0.2, 0) is 13.0 Å². The lowest BCUT2D eigenvalue weighted by Crippen LogP contribution is -2.28. The van der Waals surface area contributed by atoms with E-state index in [1.54, 1.807) is 0 Å². The molecule has 0 atom stereocenters. The summed E-state index contributed by atoms with van der Waals surface area (Å²) in [6, 6.07) is 31.2. The minimum absolute atomic E-state index is 0.939. The van der Waals surface area contributed by atoms with E-state index >= 15 is 0 Å². The molecule has 0 saturated carbocycles. The van der Waals surface area contributed by atoms with Gasteiger partial charge in [-0.05, 0) is 54.7 Å². The first-order chi connectivity index (χ1) is 16.2. The molecule has 0 spiro atoms. The molecular weight excluding hydrogens is 400 g/mol. The molecule has 0 N–H and O–H groups in total. The van der Waals surface area contributed by atoms with Crippen molar-refractivity contribution in [2.45, 2.75) is 26.8 Å². The van der Waals surface area contributed by atoms with Gasteiger partial charge < -0.3 is 0 Å². The summed E-state index contributed by atoms with van der Waals surface area (Å²) in [5.41, 5.74) is 12.0. The van der Waals surface area contributed by atoms with E-state index in [0.717, 1.165) is 13.0 Å². The second kappa shape index (κ2) is 6.79. The van der Waals surface area contributed by atoms with Crippen molar-refractivity contribution in [2.75, 3.05) is 0 Å². The Bertz CT molecular complexity index is 1700. The number of aryl methyl sites for hydroxylation is 2. The van der Waals surface area contributed by atoms with Crippen LogP contribution in [0.1, 0.15) is 27.8 Å². The van der Waals surface area contributed by atoms with E-state index in [1.165, 1.54) is 66.4 Å². The predicted molar refractivity (Wildman–Crippen MR) is 136 cm³/mol. The Hall–Kier alpha value is -3.91. The van der Waals surface area contributed by atoms with Crippen LogP contribution in [0.5, 0.6) is 0 Å². The van der Waals surface area contributed by atoms with Gasteiger partial charge in [-0.1, -0.05) is 72.8 Å². The topological polar surface area (TPSA) is 8.29 Å². The minimum atomic E-state index is 0.939. The Kier molecular flexibility index (Phi) is 3.84. The number of hydrogen-bond donors (Lipinski definition) is 0. The number of imidazole rings is 1. The van der Waals surface area contributed by atoms with E-state index < -0.39 is 0 Å². The third kappa shape index (κ3) is 2.64. The van der Waals surface area contributed by atoms with Gasteiger partial charge in [0, 0.05) is 21.9 Å². The van der Waals surface area contributed by atoms with Crippen molar-refractivity contribution in [3.63, 3.8) is 0 Å². The fraction of sp³-hybridized carbons (Fsp3) is 0.129. The van der Waals surface area contributed by atoms with Crippen LogP contribution in [0.3, 0.4) is 0 Å². The van der Waals surface area contributed by atoms with Crippen LogP contribution < -0.4 is 4.57 Å². The standard InChI is InChI=1S/C31H25N2/c1-20-8-6-9-21(2)29(20)28-19-32-18-24-12-7-13-25-26-17-23(16-22-10-4-3-5-11-22)14-15-27(26)33(28)31(32)30(24)25/h3-15,17,19H,16,18H2,1-2H3/q+1. The highest BCUT2D eigenvalue weighted by Crippen LogP contribution is 2.38. The fourth-order valence-corrected chi connectivity index (χ4v) is 5.86. The third-order valence-corrected chi connectivity index (χ3v) is 7.30. The molecule has 1 aliphatic heterocycles. The SMILES string of the molecule is Cc1cccc(C)c1-c1c[n+]2c3c4c(cccc4c4cc(Cc5ccccc5)ccc4n13)C2. The highest BCUT2D eigenvalue weighted by molar-refractivity contribution is 6.13. The number of aromatic nitrogens is 2. The molecule has 0 saturated heterocycles. The molecule has 0 unspecified atom stereocenters. The van der Waals surface area contributed by atoms with Crippen molar-refractivity contribution in [1.29, 1.82) is 0 Å². The number of pyridine rings is 1. The van der Waals surface area contributed by atoms with E-state index in [1.807, 2.05) is 0 Å². The van der Waals surface area contributed by atoms with Gasteiger partial charge in [0.05, 0.1) is 5.39 Å². The molecule has 0 fully saturated rings. The molecule has 33 heavy (non-hydrogen) atoms. The first-order valence-corrected chi connectivity index (χ1v) is 11.7. The smallest absolute Gasteiger partial charge is 0.225 e. The second-order valence-electron chi connectivity index (χ2n) is 9.42. The summed E-state index contributed by atoms with van der Waals surface area (Å²) in [5.74, 6) is 0. The Labute approximate surface area is 193 Å². The average Bonchev–Trinajstić information content (AvgIpc) is 3.36. The Morgan fingerprint density at radius 2 is 1.55 bits per heavy atom. The molecule has 6 aromatic rings. The molecule has 158 valence electrons. The van der Waals surface area contributed by atoms with Crippen LogP contribution in [-0.4, -0.2) is 4.40 Å². The van der Waals surface area contributed by atoms with Gasteiger partial charge in [0.25, 0.3) is 5.65 Å². The molecule has 0 radical (unpaired) electrons. The number of benzene rings is 4. The van der Waals surface area contributed by atoms with Crippen molar-refractivity contribution in [3.05, 3.63) is 119 Å². The van der Waals surface area contributed by atoms with Gasteiger partial charge in [-0.25, -0.2) is 4.57 Å². The maximum Gasteiger partial charge on any atom is 0.295 e. The van der Waals surface area contributed by atoms with E-state index in [2.05, 4.69) is 114 Å². The lowest BCUT2D eigenvalue weighted by molar-refractivity contribution is -0.657. The zero-order valence-corrected chi connectivity index (χ0v) is 19.0. The van der Waals surface area contributed by atoms with Gasteiger partial charge in [-0.3, -0.25) is 0 Å².